The molecule has 1 aliphatic rings. The van der Waals surface area contributed by atoms with Gasteiger partial charge in [-0.2, -0.15) is 0 Å². The molecule has 0 aliphatic carbocycles. The van der Waals surface area contributed by atoms with Crippen LogP contribution in [-0.2, 0) is 28.5 Å². The summed E-state index contributed by atoms with van der Waals surface area (Å²) in [6.07, 6.45) is 2.09. The molecule has 0 bridgehead atoms. The monoisotopic (exact) mass is 314 g/mol. The second-order valence-electron chi connectivity index (χ2n) is 5.69. The van der Waals surface area contributed by atoms with Crippen molar-refractivity contribution in [3.8, 4) is 0 Å². The van der Waals surface area contributed by atoms with E-state index in [1.165, 1.54) is 6.92 Å². The van der Waals surface area contributed by atoms with Crippen LogP contribution < -0.4 is 0 Å². The Kier molecular flexibility index (Phi) is 7.03. The fraction of sp³-hybridized carbons (Fsp3) is 0.750. The van der Waals surface area contributed by atoms with Crippen LogP contribution in [0, 0.1) is 0 Å². The molecule has 6 heteroatoms. The molecule has 0 spiro atoms. The van der Waals surface area contributed by atoms with E-state index < -0.39 is 23.8 Å². The summed E-state index contributed by atoms with van der Waals surface area (Å²) in [5.74, 6) is -2.15. The Hall–Kier alpha value is -1.40. The van der Waals surface area contributed by atoms with Crippen LogP contribution in [0.15, 0.2) is 12.2 Å². The van der Waals surface area contributed by atoms with Gasteiger partial charge in [-0.25, -0.2) is 4.79 Å². The third kappa shape index (κ3) is 5.42. The SMILES string of the molecule is C=C(C)C(=O)OC(COC(C)=O)C1(C)OCC(CCCC)O1. The Morgan fingerprint density at radius 1 is 1.41 bits per heavy atom. The topological polar surface area (TPSA) is 71.1 Å². The summed E-state index contributed by atoms with van der Waals surface area (Å²) >= 11 is 0. The molecule has 1 rings (SSSR count). The van der Waals surface area contributed by atoms with Crippen molar-refractivity contribution in [1.82, 2.24) is 0 Å². The standard InChI is InChI=1S/C16H26O6/c1-6-7-8-13-9-20-16(5,22-13)14(10-19-12(4)17)21-15(18)11(2)3/h13-14H,2,6-10H2,1,3-5H3. The molecule has 3 atom stereocenters. The van der Waals surface area contributed by atoms with Crippen molar-refractivity contribution in [2.24, 2.45) is 0 Å². The number of esters is 2. The minimum Gasteiger partial charge on any atom is -0.462 e. The van der Waals surface area contributed by atoms with Crippen LogP contribution in [0.1, 0.15) is 47.0 Å². The first-order valence-electron chi connectivity index (χ1n) is 7.60. The molecule has 126 valence electrons. The van der Waals surface area contributed by atoms with Crippen molar-refractivity contribution in [3.05, 3.63) is 12.2 Å². The van der Waals surface area contributed by atoms with Crippen molar-refractivity contribution >= 4 is 11.9 Å². The van der Waals surface area contributed by atoms with Crippen molar-refractivity contribution in [1.29, 1.82) is 0 Å². The maximum atomic E-state index is 11.8. The number of rotatable bonds is 8. The molecular weight excluding hydrogens is 288 g/mol. The number of ether oxygens (including phenoxy) is 4. The minimum absolute atomic E-state index is 0.0479. The molecule has 22 heavy (non-hydrogen) atoms. The van der Waals surface area contributed by atoms with Crippen LogP contribution in [0.25, 0.3) is 0 Å². The lowest BCUT2D eigenvalue weighted by Gasteiger charge is -2.31. The van der Waals surface area contributed by atoms with Gasteiger partial charge in [0.2, 0.25) is 5.79 Å². The summed E-state index contributed by atoms with van der Waals surface area (Å²) < 4.78 is 21.9. The van der Waals surface area contributed by atoms with Gasteiger partial charge in [0.15, 0.2) is 6.10 Å². The van der Waals surface area contributed by atoms with E-state index in [1.54, 1.807) is 13.8 Å². The zero-order chi connectivity index (χ0) is 16.8. The van der Waals surface area contributed by atoms with Crippen LogP contribution in [0.2, 0.25) is 0 Å². The molecule has 0 aromatic heterocycles. The molecule has 0 aromatic rings. The zero-order valence-electron chi connectivity index (χ0n) is 13.8. The molecular formula is C16H26O6. The Morgan fingerprint density at radius 3 is 2.64 bits per heavy atom. The molecule has 1 saturated heterocycles. The summed E-state index contributed by atoms with van der Waals surface area (Å²) in [5.41, 5.74) is 0.261. The summed E-state index contributed by atoms with van der Waals surface area (Å²) in [4.78, 5) is 22.8. The summed E-state index contributed by atoms with van der Waals surface area (Å²) in [6, 6.07) is 0. The van der Waals surface area contributed by atoms with Gasteiger partial charge in [-0.1, -0.05) is 26.3 Å². The molecule has 6 nitrogen and oxygen atoms in total. The lowest BCUT2D eigenvalue weighted by atomic mass is 10.1. The predicted molar refractivity (Wildman–Crippen MR) is 80.1 cm³/mol. The van der Waals surface area contributed by atoms with Crippen molar-refractivity contribution in [3.63, 3.8) is 0 Å². The smallest absolute Gasteiger partial charge is 0.333 e. The van der Waals surface area contributed by atoms with E-state index in [0.717, 1.165) is 19.3 Å². The van der Waals surface area contributed by atoms with E-state index in [1.807, 2.05) is 0 Å². The van der Waals surface area contributed by atoms with E-state index in [2.05, 4.69) is 13.5 Å². The third-order valence-corrected chi connectivity index (χ3v) is 3.46. The highest BCUT2D eigenvalue weighted by molar-refractivity contribution is 5.87. The Bertz CT molecular complexity index is 419. The Morgan fingerprint density at radius 2 is 2.09 bits per heavy atom. The van der Waals surface area contributed by atoms with Gasteiger partial charge < -0.3 is 18.9 Å². The highest BCUT2D eigenvalue weighted by Gasteiger charge is 2.46. The maximum absolute atomic E-state index is 11.8. The second-order valence-corrected chi connectivity index (χ2v) is 5.69. The molecule has 3 unspecified atom stereocenters. The van der Waals surface area contributed by atoms with E-state index in [0.29, 0.717) is 6.61 Å². The molecule has 0 saturated carbocycles. The van der Waals surface area contributed by atoms with Crippen LogP contribution in [0.5, 0.6) is 0 Å². The second kappa shape index (κ2) is 8.29. The van der Waals surface area contributed by atoms with Crippen LogP contribution >= 0.6 is 0 Å². The van der Waals surface area contributed by atoms with Crippen molar-refractivity contribution < 1.29 is 28.5 Å². The number of carbonyl (C=O) groups excluding carboxylic acids is 2. The summed E-state index contributed by atoms with van der Waals surface area (Å²) in [5, 5.41) is 0. The van der Waals surface area contributed by atoms with E-state index in [-0.39, 0.29) is 18.3 Å². The van der Waals surface area contributed by atoms with Gasteiger partial charge in [0, 0.05) is 12.5 Å². The average molecular weight is 314 g/mol. The molecule has 0 aromatic carbocycles. The first kappa shape index (κ1) is 18.6. The van der Waals surface area contributed by atoms with Crippen molar-refractivity contribution in [2.45, 2.75) is 65.0 Å². The van der Waals surface area contributed by atoms with Gasteiger partial charge in [-0.3, -0.25) is 4.79 Å². The van der Waals surface area contributed by atoms with Gasteiger partial charge in [-0.05, 0) is 20.3 Å². The first-order chi connectivity index (χ1) is 10.3. The minimum atomic E-state index is -1.13. The maximum Gasteiger partial charge on any atom is 0.333 e. The van der Waals surface area contributed by atoms with Crippen LogP contribution in [0.4, 0.5) is 0 Å². The number of hydrogen-bond donors (Lipinski definition) is 0. The molecule has 0 N–H and O–H groups in total. The lowest BCUT2D eigenvalue weighted by Crippen LogP contribution is -2.47. The Balaban J connectivity index is 2.73. The van der Waals surface area contributed by atoms with Gasteiger partial charge in [0.25, 0.3) is 0 Å². The van der Waals surface area contributed by atoms with Crippen LogP contribution in [0.3, 0.4) is 0 Å². The van der Waals surface area contributed by atoms with Gasteiger partial charge in [0.1, 0.15) is 6.61 Å². The Labute approximate surface area is 131 Å². The van der Waals surface area contributed by atoms with Crippen molar-refractivity contribution in [2.75, 3.05) is 13.2 Å². The fourth-order valence-corrected chi connectivity index (χ4v) is 2.12. The lowest BCUT2D eigenvalue weighted by molar-refractivity contribution is -0.236. The first-order valence-corrected chi connectivity index (χ1v) is 7.60. The fourth-order valence-electron chi connectivity index (χ4n) is 2.12. The summed E-state index contributed by atoms with van der Waals surface area (Å²) in [6.45, 7) is 10.5. The molecule has 0 radical (unpaired) electrons. The molecule has 1 heterocycles. The van der Waals surface area contributed by atoms with E-state index in [4.69, 9.17) is 18.9 Å². The largest absolute Gasteiger partial charge is 0.462 e. The third-order valence-electron chi connectivity index (χ3n) is 3.46. The average Bonchev–Trinajstić information content (AvgIpc) is 2.83. The van der Waals surface area contributed by atoms with Crippen LogP contribution in [-0.4, -0.2) is 43.1 Å². The number of carbonyl (C=O) groups is 2. The number of unbranched alkanes of at least 4 members (excludes halogenated alkanes) is 1. The zero-order valence-corrected chi connectivity index (χ0v) is 13.8. The quantitative estimate of drug-likeness (QED) is 0.506. The molecule has 0 amide bonds. The van der Waals surface area contributed by atoms with Gasteiger partial charge >= 0.3 is 11.9 Å². The van der Waals surface area contributed by atoms with Gasteiger partial charge in [-0.15, -0.1) is 0 Å². The highest BCUT2D eigenvalue weighted by atomic mass is 16.8. The highest BCUT2D eigenvalue weighted by Crippen LogP contribution is 2.31. The van der Waals surface area contributed by atoms with Gasteiger partial charge in [0.05, 0.1) is 12.7 Å². The summed E-state index contributed by atoms with van der Waals surface area (Å²) in [7, 11) is 0. The molecule has 1 aliphatic heterocycles. The predicted octanol–water partition coefficient (Wildman–Crippen LogP) is 2.36. The van der Waals surface area contributed by atoms with E-state index in [9.17, 15) is 9.59 Å². The van der Waals surface area contributed by atoms with E-state index >= 15 is 0 Å². The normalized spacial score (nSPS) is 25.5. The number of hydrogen-bond acceptors (Lipinski definition) is 6. The molecule has 1 fully saturated rings.